The molecule has 1 N–H and O–H groups in total. The van der Waals surface area contributed by atoms with Crippen LogP contribution >= 0.6 is 0 Å². The Morgan fingerprint density at radius 3 is 2.37 bits per heavy atom. The van der Waals surface area contributed by atoms with E-state index in [9.17, 15) is 0 Å². The molecule has 2 aliphatic rings. The Bertz CT molecular complexity index is 231. The summed E-state index contributed by atoms with van der Waals surface area (Å²) in [4.78, 5) is 2.75. The van der Waals surface area contributed by atoms with E-state index < -0.39 is 0 Å². The highest BCUT2D eigenvalue weighted by molar-refractivity contribution is 4.85. The molecule has 0 bridgehead atoms. The molecular formula is C17H34N2. The van der Waals surface area contributed by atoms with Crippen molar-refractivity contribution in [2.24, 2.45) is 11.8 Å². The van der Waals surface area contributed by atoms with Gasteiger partial charge in [0.15, 0.2) is 0 Å². The lowest BCUT2D eigenvalue weighted by molar-refractivity contribution is 0.201. The zero-order chi connectivity index (χ0) is 13.5. The molecule has 0 spiro atoms. The van der Waals surface area contributed by atoms with Crippen LogP contribution in [0.15, 0.2) is 0 Å². The maximum absolute atomic E-state index is 3.85. The fourth-order valence-corrected chi connectivity index (χ4v) is 3.59. The van der Waals surface area contributed by atoms with Crippen LogP contribution in [0.4, 0.5) is 0 Å². The smallest absolute Gasteiger partial charge is 0.0223 e. The lowest BCUT2D eigenvalue weighted by atomic mass is 9.97. The molecule has 2 rings (SSSR count). The van der Waals surface area contributed by atoms with Gasteiger partial charge in [-0.1, -0.05) is 26.7 Å². The number of rotatable bonds is 10. The molecule has 2 nitrogen and oxygen atoms in total. The molecule has 0 heterocycles. The SMILES string of the molecule is CCCNC(CN(CCC)CC1CC1)C1CCCC1. The van der Waals surface area contributed by atoms with Gasteiger partial charge in [-0.2, -0.15) is 0 Å². The van der Waals surface area contributed by atoms with E-state index in [0.29, 0.717) is 0 Å². The molecule has 0 amide bonds. The quantitative estimate of drug-likeness (QED) is 0.649. The number of hydrogen-bond donors (Lipinski definition) is 1. The first-order valence-electron chi connectivity index (χ1n) is 8.79. The van der Waals surface area contributed by atoms with Gasteiger partial charge >= 0.3 is 0 Å². The monoisotopic (exact) mass is 266 g/mol. The highest BCUT2D eigenvalue weighted by Crippen LogP contribution is 2.31. The zero-order valence-electron chi connectivity index (χ0n) is 13.2. The Morgan fingerprint density at radius 2 is 1.79 bits per heavy atom. The second kappa shape index (κ2) is 8.26. The highest BCUT2D eigenvalue weighted by atomic mass is 15.2. The second-order valence-electron chi connectivity index (χ2n) is 6.81. The molecule has 112 valence electrons. The summed E-state index contributed by atoms with van der Waals surface area (Å²) in [7, 11) is 0. The molecule has 1 unspecified atom stereocenters. The van der Waals surface area contributed by atoms with Gasteiger partial charge in [0.25, 0.3) is 0 Å². The largest absolute Gasteiger partial charge is 0.312 e. The predicted molar refractivity (Wildman–Crippen MR) is 83.5 cm³/mol. The number of nitrogens with one attached hydrogen (secondary N) is 1. The fourth-order valence-electron chi connectivity index (χ4n) is 3.59. The van der Waals surface area contributed by atoms with Gasteiger partial charge in [0.2, 0.25) is 0 Å². The van der Waals surface area contributed by atoms with Crippen LogP contribution in [0.2, 0.25) is 0 Å². The lowest BCUT2D eigenvalue weighted by Gasteiger charge is -2.31. The van der Waals surface area contributed by atoms with Crippen LogP contribution in [0.25, 0.3) is 0 Å². The van der Waals surface area contributed by atoms with Gasteiger partial charge in [0, 0.05) is 19.1 Å². The van der Waals surface area contributed by atoms with Crippen molar-refractivity contribution in [3.63, 3.8) is 0 Å². The summed E-state index contributed by atoms with van der Waals surface area (Å²) in [6.45, 7) is 9.77. The number of hydrogen-bond acceptors (Lipinski definition) is 2. The normalized spacial score (nSPS) is 22.3. The van der Waals surface area contributed by atoms with Crippen molar-refractivity contribution in [2.45, 2.75) is 71.3 Å². The van der Waals surface area contributed by atoms with Crippen LogP contribution < -0.4 is 5.32 Å². The Kier molecular flexibility index (Phi) is 6.66. The summed E-state index contributed by atoms with van der Waals surface area (Å²) >= 11 is 0. The minimum absolute atomic E-state index is 0.757. The van der Waals surface area contributed by atoms with Crippen LogP contribution in [0.1, 0.15) is 65.2 Å². The molecule has 0 saturated heterocycles. The van der Waals surface area contributed by atoms with Crippen LogP contribution in [0, 0.1) is 11.8 Å². The average Bonchev–Trinajstić information content (AvgIpc) is 3.05. The van der Waals surface area contributed by atoms with Crippen molar-refractivity contribution >= 4 is 0 Å². The first-order chi connectivity index (χ1) is 9.33. The molecular weight excluding hydrogens is 232 g/mol. The van der Waals surface area contributed by atoms with Crippen LogP contribution in [-0.2, 0) is 0 Å². The Morgan fingerprint density at radius 1 is 1.05 bits per heavy atom. The molecule has 0 aromatic heterocycles. The van der Waals surface area contributed by atoms with Crippen LogP contribution in [0.5, 0.6) is 0 Å². The summed E-state index contributed by atoms with van der Waals surface area (Å²) in [5, 5.41) is 3.85. The van der Waals surface area contributed by atoms with Crippen molar-refractivity contribution < 1.29 is 0 Å². The van der Waals surface area contributed by atoms with E-state index in [1.807, 2.05) is 0 Å². The third kappa shape index (κ3) is 5.43. The average molecular weight is 266 g/mol. The van der Waals surface area contributed by atoms with Crippen molar-refractivity contribution in [3.05, 3.63) is 0 Å². The number of nitrogens with zero attached hydrogens (tertiary/aromatic N) is 1. The topological polar surface area (TPSA) is 15.3 Å². The van der Waals surface area contributed by atoms with Crippen molar-refractivity contribution in [3.8, 4) is 0 Å². The third-order valence-electron chi connectivity index (χ3n) is 4.83. The standard InChI is InChI=1S/C17H34N2/c1-3-11-18-17(16-7-5-6-8-16)14-19(12-4-2)13-15-9-10-15/h15-18H,3-14H2,1-2H3. The summed E-state index contributed by atoms with van der Waals surface area (Å²) in [6.07, 6.45) is 11.4. The third-order valence-corrected chi connectivity index (χ3v) is 4.83. The first kappa shape index (κ1) is 15.3. The van der Waals surface area contributed by atoms with Crippen LogP contribution in [0.3, 0.4) is 0 Å². The van der Waals surface area contributed by atoms with Crippen molar-refractivity contribution in [1.82, 2.24) is 10.2 Å². The van der Waals surface area contributed by atoms with Gasteiger partial charge in [-0.3, -0.25) is 0 Å². The van der Waals surface area contributed by atoms with Gasteiger partial charge in [0.1, 0.15) is 0 Å². The van der Waals surface area contributed by atoms with Crippen molar-refractivity contribution in [1.29, 1.82) is 0 Å². The van der Waals surface area contributed by atoms with Gasteiger partial charge in [-0.25, -0.2) is 0 Å². The Balaban J connectivity index is 1.83. The molecule has 2 heteroatoms. The molecule has 2 fully saturated rings. The van der Waals surface area contributed by atoms with E-state index in [4.69, 9.17) is 0 Å². The van der Waals surface area contributed by atoms with E-state index in [2.05, 4.69) is 24.1 Å². The molecule has 1 atom stereocenters. The Labute approximate surface area is 120 Å². The Hall–Kier alpha value is -0.0800. The van der Waals surface area contributed by atoms with Gasteiger partial charge in [-0.05, 0) is 63.5 Å². The molecule has 2 aliphatic carbocycles. The van der Waals surface area contributed by atoms with E-state index >= 15 is 0 Å². The maximum atomic E-state index is 3.85. The minimum Gasteiger partial charge on any atom is -0.312 e. The maximum Gasteiger partial charge on any atom is 0.0223 e. The molecule has 2 saturated carbocycles. The molecule has 0 aliphatic heterocycles. The molecule has 0 aromatic rings. The highest BCUT2D eigenvalue weighted by Gasteiger charge is 2.29. The van der Waals surface area contributed by atoms with E-state index in [1.165, 1.54) is 77.5 Å². The first-order valence-corrected chi connectivity index (χ1v) is 8.79. The lowest BCUT2D eigenvalue weighted by Crippen LogP contribution is -2.46. The van der Waals surface area contributed by atoms with Gasteiger partial charge in [-0.15, -0.1) is 0 Å². The molecule has 0 radical (unpaired) electrons. The molecule has 0 aromatic carbocycles. The van der Waals surface area contributed by atoms with E-state index in [0.717, 1.165) is 17.9 Å². The van der Waals surface area contributed by atoms with Crippen molar-refractivity contribution in [2.75, 3.05) is 26.2 Å². The minimum atomic E-state index is 0.757. The van der Waals surface area contributed by atoms with Gasteiger partial charge < -0.3 is 10.2 Å². The van der Waals surface area contributed by atoms with Gasteiger partial charge in [0.05, 0.1) is 0 Å². The zero-order valence-corrected chi connectivity index (χ0v) is 13.2. The summed E-state index contributed by atoms with van der Waals surface area (Å²) in [5.74, 6) is 1.98. The van der Waals surface area contributed by atoms with E-state index in [1.54, 1.807) is 0 Å². The molecule has 19 heavy (non-hydrogen) atoms. The summed E-state index contributed by atoms with van der Waals surface area (Å²) in [6, 6.07) is 0.757. The van der Waals surface area contributed by atoms with Crippen LogP contribution in [-0.4, -0.2) is 37.1 Å². The summed E-state index contributed by atoms with van der Waals surface area (Å²) < 4.78 is 0. The predicted octanol–water partition coefficient (Wildman–Crippen LogP) is 3.67. The summed E-state index contributed by atoms with van der Waals surface area (Å²) in [5.41, 5.74) is 0. The second-order valence-corrected chi connectivity index (χ2v) is 6.81. The fraction of sp³-hybridized carbons (Fsp3) is 1.00. The van der Waals surface area contributed by atoms with E-state index in [-0.39, 0.29) is 0 Å².